The molecule has 5 nitrogen and oxygen atoms in total. The molecule has 5 heteroatoms. The van der Waals surface area contributed by atoms with Gasteiger partial charge in [-0.15, -0.1) is 0 Å². The van der Waals surface area contributed by atoms with Gasteiger partial charge in [-0.25, -0.2) is 4.79 Å². The van der Waals surface area contributed by atoms with Crippen LogP contribution in [0.4, 0.5) is 0 Å². The van der Waals surface area contributed by atoms with Crippen LogP contribution in [0.5, 0.6) is 11.5 Å². The molecule has 0 fully saturated rings. The molecule has 1 aromatic heterocycles. The van der Waals surface area contributed by atoms with Crippen molar-refractivity contribution in [3.8, 4) is 11.5 Å². The van der Waals surface area contributed by atoms with E-state index in [9.17, 15) is 4.79 Å². The van der Waals surface area contributed by atoms with E-state index < -0.39 is 0 Å². The third-order valence-electron chi connectivity index (χ3n) is 4.85. The van der Waals surface area contributed by atoms with Gasteiger partial charge in [0.15, 0.2) is 11.5 Å². The molecular formula is C21H21NO4. The van der Waals surface area contributed by atoms with E-state index in [-0.39, 0.29) is 12.4 Å². The van der Waals surface area contributed by atoms with Crippen molar-refractivity contribution >= 4 is 11.0 Å². The number of rotatable bonds is 4. The Labute approximate surface area is 151 Å². The van der Waals surface area contributed by atoms with Crippen molar-refractivity contribution in [2.75, 3.05) is 13.8 Å². The maximum Gasteiger partial charge on any atom is 0.336 e. The largest absolute Gasteiger partial charge is 0.454 e. The highest BCUT2D eigenvalue weighted by molar-refractivity contribution is 5.83. The molecule has 3 aromatic rings. The molecule has 0 amide bonds. The first-order chi connectivity index (χ1) is 12.5. The average Bonchev–Trinajstić information content (AvgIpc) is 3.06. The Balaban J connectivity index is 1.60. The van der Waals surface area contributed by atoms with Crippen LogP contribution >= 0.6 is 0 Å². The Bertz CT molecular complexity index is 1040. The van der Waals surface area contributed by atoms with Crippen LogP contribution in [-0.2, 0) is 13.1 Å². The third kappa shape index (κ3) is 3.06. The van der Waals surface area contributed by atoms with Gasteiger partial charge in [-0.2, -0.15) is 0 Å². The van der Waals surface area contributed by atoms with E-state index in [1.165, 1.54) is 0 Å². The SMILES string of the molecule is Cc1ccc2c(CN(C)Cc3ccc4c(c3)OCO4)cc(=O)oc2c1C. The fourth-order valence-corrected chi connectivity index (χ4v) is 3.35. The minimum atomic E-state index is -0.308. The zero-order valence-corrected chi connectivity index (χ0v) is 15.2. The molecule has 2 heterocycles. The Morgan fingerprint density at radius 3 is 2.65 bits per heavy atom. The van der Waals surface area contributed by atoms with Crippen LogP contribution in [0.1, 0.15) is 22.3 Å². The predicted molar refractivity (Wildman–Crippen MR) is 99.7 cm³/mol. The van der Waals surface area contributed by atoms with Gasteiger partial charge < -0.3 is 13.9 Å². The second-order valence-corrected chi connectivity index (χ2v) is 6.83. The van der Waals surface area contributed by atoms with E-state index in [2.05, 4.69) is 11.0 Å². The number of aryl methyl sites for hydroxylation is 2. The number of hydrogen-bond donors (Lipinski definition) is 0. The maximum absolute atomic E-state index is 12.0. The summed E-state index contributed by atoms with van der Waals surface area (Å²) in [5, 5.41) is 0.991. The van der Waals surface area contributed by atoms with Crippen molar-refractivity contribution in [1.82, 2.24) is 4.90 Å². The van der Waals surface area contributed by atoms with Crippen LogP contribution in [0, 0.1) is 13.8 Å². The molecule has 0 spiro atoms. The van der Waals surface area contributed by atoms with Crippen molar-refractivity contribution < 1.29 is 13.9 Å². The monoisotopic (exact) mass is 351 g/mol. The quantitative estimate of drug-likeness (QED) is 0.670. The molecule has 0 N–H and O–H groups in total. The van der Waals surface area contributed by atoms with Crippen LogP contribution in [0.15, 0.2) is 45.6 Å². The first-order valence-corrected chi connectivity index (χ1v) is 8.61. The molecule has 26 heavy (non-hydrogen) atoms. The normalized spacial score (nSPS) is 12.9. The molecule has 0 saturated heterocycles. The first kappa shape index (κ1) is 16.7. The highest BCUT2D eigenvalue weighted by Crippen LogP contribution is 2.33. The van der Waals surface area contributed by atoms with Crippen molar-refractivity contribution in [2.45, 2.75) is 26.9 Å². The standard InChI is InChI=1S/C21H21NO4/c1-13-4-6-17-16(9-20(23)26-21(17)14(13)2)11-22(3)10-15-5-7-18-19(8-15)25-12-24-18/h4-9H,10-12H2,1-3H3. The van der Waals surface area contributed by atoms with E-state index in [1.807, 2.05) is 45.2 Å². The summed E-state index contributed by atoms with van der Waals surface area (Å²) in [5.41, 5.74) is 4.62. The minimum absolute atomic E-state index is 0.277. The first-order valence-electron chi connectivity index (χ1n) is 8.61. The van der Waals surface area contributed by atoms with Crippen molar-refractivity contribution in [3.63, 3.8) is 0 Å². The van der Waals surface area contributed by atoms with E-state index in [0.29, 0.717) is 12.1 Å². The lowest BCUT2D eigenvalue weighted by atomic mass is 10.0. The molecule has 1 aliphatic rings. The smallest absolute Gasteiger partial charge is 0.336 e. The van der Waals surface area contributed by atoms with E-state index in [0.717, 1.165) is 45.7 Å². The highest BCUT2D eigenvalue weighted by Gasteiger charge is 2.15. The number of ether oxygens (including phenoxy) is 2. The van der Waals surface area contributed by atoms with Gasteiger partial charge in [0, 0.05) is 24.5 Å². The molecule has 4 rings (SSSR count). The summed E-state index contributed by atoms with van der Waals surface area (Å²) in [5.74, 6) is 1.57. The highest BCUT2D eigenvalue weighted by atomic mass is 16.7. The van der Waals surface area contributed by atoms with Crippen LogP contribution in [0.2, 0.25) is 0 Å². The molecule has 0 atom stereocenters. The van der Waals surface area contributed by atoms with E-state index in [1.54, 1.807) is 6.07 Å². The lowest BCUT2D eigenvalue weighted by Gasteiger charge is -2.18. The fraction of sp³-hybridized carbons (Fsp3) is 0.286. The molecule has 0 unspecified atom stereocenters. The Morgan fingerprint density at radius 1 is 1.00 bits per heavy atom. The summed E-state index contributed by atoms with van der Waals surface area (Å²) in [7, 11) is 2.03. The molecule has 0 bridgehead atoms. The molecule has 1 aliphatic heterocycles. The second kappa shape index (κ2) is 6.50. The summed E-state index contributed by atoms with van der Waals surface area (Å²) >= 11 is 0. The average molecular weight is 351 g/mol. The number of benzene rings is 2. The van der Waals surface area contributed by atoms with Gasteiger partial charge in [0.1, 0.15) is 5.58 Å². The van der Waals surface area contributed by atoms with Gasteiger partial charge >= 0.3 is 5.63 Å². The number of fused-ring (bicyclic) bond motifs is 2. The van der Waals surface area contributed by atoms with Crippen molar-refractivity contribution in [3.05, 3.63) is 69.1 Å². The maximum atomic E-state index is 12.0. The predicted octanol–water partition coefficient (Wildman–Crippen LogP) is 3.77. The zero-order chi connectivity index (χ0) is 18.3. The molecular weight excluding hydrogens is 330 g/mol. The number of hydrogen-bond acceptors (Lipinski definition) is 5. The summed E-state index contributed by atoms with van der Waals surface area (Å²) in [6.07, 6.45) is 0. The summed E-state index contributed by atoms with van der Waals surface area (Å²) in [6.45, 7) is 5.68. The van der Waals surface area contributed by atoms with E-state index >= 15 is 0 Å². The zero-order valence-electron chi connectivity index (χ0n) is 15.2. The van der Waals surface area contributed by atoms with Gasteiger partial charge in [0.05, 0.1) is 0 Å². The fourth-order valence-electron chi connectivity index (χ4n) is 3.35. The van der Waals surface area contributed by atoms with Gasteiger partial charge in [-0.3, -0.25) is 4.90 Å². The molecule has 2 aromatic carbocycles. The Hall–Kier alpha value is -2.79. The van der Waals surface area contributed by atoms with Gasteiger partial charge in [-0.05, 0) is 55.3 Å². The van der Waals surface area contributed by atoms with Crippen LogP contribution in [0.3, 0.4) is 0 Å². The van der Waals surface area contributed by atoms with Gasteiger partial charge in [0.2, 0.25) is 6.79 Å². The lowest BCUT2D eigenvalue weighted by molar-refractivity contribution is 0.174. The van der Waals surface area contributed by atoms with E-state index in [4.69, 9.17) is 13.9 Å². The Morgan fingerprint density at radius 2 is 1.81 bits per heavy atom. The van der Waals surface area contributed by atoms with Crippen LogP contribution in [0.25, 0.3) is 11.0 Å². The second-order valence-electron chi connectivity index (χ2n) is 6.83. The molecule has 0 radical (unpaired) electrons. The lowest BCUT2D eigenvalue weighted by Crippen LogP contribution is -2.18. The van der Waals surface area contributed by atoms with Crippen molar-refractivity contribution in [2.24, 2.45) is 0 Å². The van der Waals surface area contributed by atoms with Crippen LogP contribution < -0.4 is 15.1 Å². The summed E-state index contributed by atoms with van der Waals surface area (Å²) in [4.78, 5) is 14.2. The van der Waals surface area contributed by atoms with Gasteiger partial charge in [-0.1, -0.05) is 18.2 Å². The summed E-state index contributed by atoms with van der Waals surface area (Å²) < 4.78 is 16.3. The summed E-state index contributed by atoms with van der Waals surface area (Å²) in [6, 6.07) is 11.7. The third-order valence-corrected chi connectivity index (χ3v) is 4.85. The van der Waals surface area contributed by atoms with Crippen molar-refractivity contribution in [1.29, 1.82) is 0 Å². The Kier molecular flexibility index (Phi) is 4.17. The molecule has 134 valence electrons. The number of nitrogens with zero attached hydrogens (tertiary/aromatic N) is 1. The van der Waals surface area contributed by atoms with Gasteiger partial charge in [0.25, 0.3) is 0 Å². The molecule has 0 aliphatic carbocycles. The minimum Gasteiger partial charge on any atom is -0.454 e. The molecule has 0 saturated carbocycles. The van der Waals surface area contributed by atoms with Crippen LogP contribution in [-0.4, -0.2) is 18.7 Å². The topological polar surface area (TPSA) is 51.9 Å².